The lowest BCUT2D eigenvalue weighted by atomic mass is 10.0. The normalized spacial score (nSPS) is 28.8. The molecule has 0 spiro atoms. The van der Waals surface area contributed by atoms with Crippen molar-refractivity contribution >= 4 is 5.90 Å². The van der Waals surface area contributed by atoms with E-state index in [2.05, 4.69) is 24.2 Å². The first-order chi connectivity index (χ1) is 6.19. The first kappa shape index (κ1) is 10.5. The molecular formula is C9H18N2O2. The summed E-state index contributed by atoms with van der Waals surface area (Å²) in [5.41, 5.74) is 0. The molecule has 0 amide bonds. The van der Waals surface area contributed by atoms with Crippen LogP contribution < -0.4 is 5.32 Å². The van der Waals surface area contributed by atoms with Crippen molar-refractivity contribution in [2.24, 2.45) is 10.9 Å². The number of hydrogen-bond donors (Lipinski definition) is 1. The van der Waals surface area contributed by atoms with E-state index >= 15 is 0 Å². The van der Waals surface area contributed by atoms with Crippen LogP contribution in [0.2, 0.25) is 0 Å². The molecule has 2 atom stereocenters. The minimum absolute atomic E-state index is 0.0129. The molecule has 0 aliphatic carbocycles. The van der Waals surface area contributed by atoms with Crippen molar-refractivity contribution in [3.63, 3.8) is 0 Å². The number of nitrogens with one attached hydrogen (secondary N) is 1. The Kier molecular flexibility index (Phi) is 3.69. The minimum atomic E-state index is 0.0129. The van der Waals surface area contributed by atoms with Gasteiger partial charge in [-0.2, -0.15) is 0 Å². The van der Waals surface area contributed by atoms with Crippen LogP contribution in [0.25, 0.3) is 0 Å². The Balaban J connectivity index is 2.70. The fraction of sp³-hybridized carbons (Fsp3) is 0.889. The Morgan fingerprint density at radius 1 is 1.46 bits per heavy atom. The van der Waals surface area contributed by atoms with Crippen LogP contribution in [0.5, 0.6) is 0 Å². The molecule has 0 saturated heterocycles. The topological polar surface area (TPSA) is 42.9 Å². The van der Waals surface area contributed by atoms with Gasteiger partial charge in [0.2, 0.25) is 0 Å². The van der Waals surface area contributed by atoms with E-state index in [4.69, 9.17) is 9.47 Å². The van der Waals surface area contributed by atoms with Gasteiger partial charge in [-0.3, -0.25) is 5.32 Å². The van der Waals surface area contributed by atoms with Gasteiger partial charge in [-0.1, -0.05) is 13.8 Å². The van der Waals surface area contributed by atoms with Crippen molar-refractivity contribution in [3.05, 3.63) is 0 Å². The molecule has 76 valence electrons. The van der Waals surface area contributed by atoms with Gasteiger partial charge >= 0.3 is 0 Å². The van der Waals surface area contributed by atoms with Gasteiger partial charge in [-0.05, 0) is 5.92 Å². The summed E-state index contributed by atoms with van der Waals surface area (Å²) in [6.45, 7) is 4.90. The minimum Gasteiger partial charge on any atom is -0.483 e. The van der Waals surface area contributed by atoms with Gasteiger partial charge in [0.1, 0.15) is 6.23 Å². The van der Waals surface area contributed by atoms with Gasteiger partial charge in [-0.25, -0.2) is 4.99 Å². The maximum absolute atomic E-state index is 5.28. The molecule has 4 heteroatoms. The van der Waals surface area contributed by atoms with Gasteiger partial charge in [0, 0.05) is 7.11 Å². The highest BCUT2D eigenvalue weighted by Gasteiger charge is 2.28. The molecule has 1 N–H and O–H groups in total. The zero-order valence-corrected chi connectivity index (χ0v) is 8.70. The van der Waals surface area contributed by atoms with E-state index < -0.39 is 0 Å². The smallest absolute Gasteiger partial charge is 0.197 e. The highest BCUT2D eigenvalue weighted by Crippen LogP contribution is 2.15. The Morgan fingerprint density at radius 2 is 2.15 bits per heavy atom. The Bertz CT molecular complexity index is 192. The molecule has 0 aromatic rings. The number of aliphatic imine (C=N–C) groups is 1. The predicted molar refractivity (Wildman–Crippen MR) is 51.9 cm³/mol. The lowest BCUT2D eigenvalue weighted by Crippen LogP contribution is -2.49. The summed E-state index contributed by atoms with van der Waals surface area (Å²) in [6.07, 6.45) is 0.0129. The fourth-order valence-corrected chi connectivity index (χ4v) is 1.43. The van der Waals surface area contributed by atoms with Gasteiger partial charge in [0.25, 0.3) is 0 Å². The molecule has 1 rings (SSSR count). The molecule has 13 heavy (non-hydrogen) atoms. The van der Waals surface area contributed by atoms with Crippen molar-refractivity contribution in [2.45, 2.75) is 26.1 Å². The van der Waals surface area contributed by atoms with Crippen molar-refractivity contribution in [2.75, 3.05) is 20.8 Å². The van der Waals surface area contributed by atoms with Crippen LogP contribution in [-0.2, 0) is 9.47 Å². The van der Waals surface area contributed by atoms with Crippen LogP contribution >= 0.6 is 0 Å². The van der Waals surface area contributed by atoms with E-state index in [9.17, 15) is 0 Å². The summed E-state index contributed by atoms with van der Waals surface area (Å²) < 4.78 is 10.4. The molecule has 2 unspecified atom stereocenters. The first-order valence-corrected chi connectivity index (χ1v) is 4.56. The summed E-state index contributed by atoms with van der Waals surface area (Å²) in [6, 6.07) is 0.147. The van der Waals surface area contributed by atoms with Gasteiger partial charge in [0.15, 0.2) is 5.90 Å². The third-order valence-corrected chi connectivity index (χ3v) is 2.23. The number of methoxy groups -OCH3 is 2. The van der Waals surface area contributed by atoms with E-state index in [0.717, 1.165) is 5.90 Å². The van der Waals surface area contributed by atoms with Crippen LogP contribution in [0.3, 0.4) is 0 Å². The molecule has 0 bridgehead atoms. The second kappa shape index (κ2) is 4.58. The zero-order valence-electron chi connectivity index (χ0n) is 8.70. The number of nitrogens with zero attached hydrogens (tertiary/aromatic N) is 1. The Hall–Kier alpha value is -0.610. The van der Waals surface area contributed by atoms with Crippen molar-refractivity contribution in [1.82, 2.24) is 5.32 Å². The maximum atomic E-state index is 5.28. The van der Waals surface area contributed by atoms with Crippen LogP contribution in [0, 0.1) is 5.92 Å². The standard InChI is InChI=1S/C9H18N2O2/c1-6(2)8-9(13-4)10-5-7(11-8)12-3/h6,8-10H,5H2,1-4H3. The number of hydrogen-bond acceptors (Lipinski definition) is 4. The average molecular weight is 186 g/mol. The van der Waals surface area contributed by atoms with E-state index in [1.54, 1.807) is 14.2 Å². The van der Waals surface area contributed by atoms with Crippen LogP contribution in [0.15, 0.2) is 4.99 Å². The van der Waals surface area contributed by atoms with Crippen LogP contribution in [0.1, 0.15) is 13.8 Å². The first-order valence-electron chi connectivity index (χ1n) is 4.56. The number of ether oxygens (including phenoxy) is 2. The van der Waals surface area contributed by atoms with Crippen molar-refractivity contribution in [3.8, 4) is 0 Å². The second-order valence-corrected chi connectivity index (χ2v) is 3.50. The zero-order chi connectivity index (χ0) is 9.84. The lowest BCUT2D eigenvalue weighted by Gasteiger charge is -2.31. The lowest BCUT2D eigenvalue weighted by molar-refractivity contribution is 0.0369. The number of rotatable bonds is 2. The highest BCUT2D eigenvalue weighted by molar-refractivity contribution is 5.79. The molecule has 0 aromatic carbocycles. The molecule has 0 fully saturated rings. The fourth-order valence-electron chi connectivity index (χ4n) is 1.43. The van der Waals surface area contributed by atoms with E-state index in [0.29, 0.717) is 12.5 Å². The van der Waals surface area contributed by atoms with E-state index in [-0.39, 0.29) is 12.3 Å². The summed E-state index contributed by atoms with van der Waals surface area (Å²) in [5, 5.41) is 3.22. The molecular weight excluding hydrogens is 168 g/mol. The Labute approximate surface area is 79.3 Å². The molecule has 4 nitrogen and oxygen atoms in total. The van der Waals surface area contributed by atoms with Crippen LogP contribution in [-0.4, -0.2) is 38.9 Å². The summed E-state index contributed by atoms with van der Waals surface area (Å²) in [5.74, 6) is 1.20. The molecule has 0 radical (unpaired) electrons. The summed E-state index contributed by atoms with van der Waals surface area (Å²) in [4.78, 5) is 4.46. The quantitative estimate of drug-likeness (QED) is 0.688. The molecule has 1 heterocycles. The monoisotopic (exact) mass is 186 g/mol. The molecule has 1 aliphatic rings. The molecule has 0 saturated carbocycles. The summed E-state index contributed by atoms with van der Waals surface area (Å²) >= 11 is 0. The van der Waals surface area contributed by atoms with Crippen molar-refractivity contribution < 1.29 is 9.47 Å². The van der Waals surface area contributed by atoms with Gasteiger partial charge < -0.3 is 9.47 Å². The predicted octanol–water partition coefficient (Wildman–Crippen LogP) is 0.632. The third-order valence-electron chi connectivity index (χ3n) is 2.23. The van der Waals surface area contributed by atoms with Gasteiger partial charge in [-0.15, -0.1) is 0 Å². The maximum Gasteiger partial charge on any atom is 0.197 e. The average Bonchev–Trinajstić information content (AvgIpc) is 2.16. The Morgan fingerprint density at radius 3 is 2.62 bits per heavy atom. The van der Waals surface area contributed by atoms with Crippen LogP contribution in [0.4, 0.5) is 0 Å². The largest absolute Gasteiger partial charge is 0.483 e. The molecule has 1 aliphatic heterocycles. The SMILES string of the molecule is COC1=NC(C(C)C)C(OC)NC1. The second-order valence-electron chi connectivity index (χ2n) is 3.50. The van der Waals surface area contributed by atoms with E-state index in [1.165, 1.54) is 0 Å². The van der Waals surface area contributed by atoms with Gasteiger partial charge in [0.05, 0.1) is 19.7 Å². The molecule has 0 aromatic heterocycles. The van der Waals surface area contributed by atoms with Crippen molar-refractivity contribution in [1.29, 1.82) is 0 Å². The highest BCUT2D eigenvalue weighted by atomic mass is 16.5. The van der Waals surface area contributed by atoms with E-state index in [1.807, 2.05) is 0 Å². The summed E-state index contributed by atoms with van der Waals surface area (Å²) in [7, 11) is 3.34. The third kappa shape index (κ3) is 2.42.